The normalized spacial score (nSPS) is 14.6. The largest absolute Gasteiger partial charge is 0.327 e. The molecule has 0 aromatic carbocycles. The van der Waals surface area contributed by atoms with Crippen molar-refractivity contribution in [2.45, 2.75) is 39.2 Å². The van der Waals surface area contributed by atoms with Crippen molar-refractivity contribution < 1.29 is 8.42 Å². The smallest absolute Gasteiger partial charge is 0.151 e. The van der Waals surface area contributed by atoms with Crippen LogP contribution in [0.15, 0.2) is 0 Å². The molecule has 1 unspecified atom stereocenters. The molecule has 4 heteroatoms. The average molecular weight is 193 g/mol. The Labute approximate surface area is 75.3 Å². The van der Waals surface area contributed by atoms with Gasteiger partial charge in [-0.05, 0) is 12.8 Å². The van der Waals surface area contributed by atoms with E-state index in [4.69, 9.17) is 5.73 Å². The zero-order valence-corrected chi connectivity index (χ0v) is 8.73. The molecule has 0 aliphatic rings. The van der Waals surface area contributed by atoms with Gasteiger partial charge in [0, 0.05) is 11.8 Å². The van der Waals surface area contributed by atoms with Crippen LogP contribution >= 0.6 is 0 Å². The predicted molar refractivity (Wildman–Crippen MR) is 51.8 cm³/mol. The Hall–Kier alpha value is -0.0900. The minimum atomic E-state index is -2.88. The zero-order valence-electron chi connectivity index (χ0n) is 7.91. The fourth-order valence-corrected chi connectivity index (χ4v) is 2.78. The van der Waals surface area contributed by atoms with E-state index < -0.39 is 9.84 Å². The maximum atomic E-state index is 11.2. The van der Waals surface area contributed by atoms with Crippen molar-refractivity contribution in [1.82, 2.24) is 0 Å². The SMILES string of the molecule is CCCC(N)CS(=O)(=O)CCC. The Morgan fingerprint density at radius 1 is 1.25 bits per heavy atom. The topological polar surface area (TPSA) is 60.2 Å². The van der Waals surface area contributed by atoms with Crippen molar-refractivity contribution in [3.8, 4) is 0 Å². The number of sulfone groups is 1. The summed E-state index contributed by atoms with van der Waals surface area (Å²) in [5, 5.41) is 0. The molecule has 0 aliphatic heterocycles. The Morgan fingerprint density at radius 2 is 1.83 bits per heavy atom. The molecule has 0 saturated heterocycles. The highest BCUT2D eigenvalue weighted by atomic mass is 32.2. The zero-order chi connectivity index (χ0) is 9.61. The van der Waals surface area contributed by atoms with Crippen molar-refractivity contribution in [2.24, 2.45) is 5.73 Å². The Morgan fingerprint density at radius 3 is 2.25 bits per heavy atom. The van der Waals surface area contributed by atoms with E-state index in [1.807, 2.05) is 13.8 Å². The second-order valence-electron chi connectivity index (χ2n) is 3.16. The third kappa shape index (κ3) is 5.55. The van der Waals surface area contributed by atoms with E-state index in [1.165, 1.54) is 0 Å². The Balaban J connectivity index is 3.89. The van der Waals surface area contributed by atoms with E-state index in [-0.39, 0.29) is 17.5 Å². The summed E-state index contributed by atoms with van der Waals surface area (Å²) in [6.45, 7) is 3.87. The second-order valence-corrected chi connectivity index (χ2v) is 5.39. The van der Waals surface area contributed by atoms with Crippen molar-refractivity contribution in [3.05, 3.63) is 0 Å². The van der Waals surface area contributed by atoms with Crippen LogP contribution in [0.5, 0.6) is 0 Å². The molecule has 0 bridgehead atoms. The van der Waals surface area contributed by atoms with E-state index in [9.17, 15) is 8.42 Å². The lowest BCUT2D eigenvalue weighted by Crippen LogP contribution is -2.30. The van der Waals surface area contributed by atoms with Gasteiger partial charge >= 0.3 is 0 Å². The summed E-state index contributed by atoms with van der Waals surface area (Å²) < 4.78 is 22.5. The standard InChI is InChI=1S/C8H19NO2S/c1-3-5-8(9)7-12(10,11)6-4-2/h8H,3-7,9H2,1-2H3. The fraction of sp³-hybridized carbons (Fsp3) is 1.00. The molecule has 1 atom stereocenters. The third-order valence-electron chi connectivity index (χ3n) is 1.64. The van der Waals surface area contributed by atoms with Gasteiger partial charge in [-0.1, -0.05) is 20.3 Å². The van der Waals surface area contributed by atoms with E-state index in [0.717, 1.165) is 12.8 Å². The summed E-state index contributed by atoms with van der Waals surface area (Å²) in [4.78, 5) is 0. The van der Waals surface area contributed by atoms with Crippen molar-refractivity contribution in [3.63, 3.8) is 0 Å². The highest BCUT2D eigenvalue weighted by Crippen LogP contribution is 2.00. The lowest BCUT2D eigenvalue weighted by molar-refractivity contribution is 0.576. The van der Waals surface area contributed by atoms with Crippen LogP contribution < -0.4 is 5.73 Å². The molecule has 0 aromatic heterocycles. The quantitative estimate of drug-likeness (QED) is 0.683. The Bertz CT molecular complexity index is 199. The van der Waals surface area contributed by atoms with Gasteiger partial charge in [0.15, 0.2) is 9.84 Å². The Kier molecular flexibility index (Phi) is 5.50. The maximum Gasteiger partial charge on any atom is 0.151 e. The van der Waals surface area contributed by atoms with Crippen LogP contribution in [0.1, 0.15) is 33.1 Å². The van der Waals surface area contributed by atoms with Gasteiger partial charge in [-0.3, -0.25) is 0 Å². The monoisotopic (exact) mass is 193 g/mol. The first-order chi connectivity index (χ1) is 5.52. The van der Waals surface area contributed by atoms with Gasteiger partial charge in [0.1, 0.15) is 0 Å². The van der Waals surface area contributed by atoms with Gasteiger partial charge in [0.05, 0.1) is 5.75 Å². The predicted octanol–water partition coefficient (Wildman–Crippen LogP) is 0.939. The molecule has 0 rings (SSSR count). The molecule has 12 heavy (non-hydrogen) atoms. The van der Waals surface area contributed by atoms with Crippen LogP contribution in [0.4, 0.5) is 0 Å². The lowest BCUT2D eigenvalue weighted by atomic mass is 10.2. The van der Waals surface area contributed by atoms with Gasteiger partial charge in [-0.15, -0.1) is 0 Å². The first-order valence-electron chi connectivity index (χ1n) is 4.47. The third-order valence-corrected chi connectivity index (χ3v) is 3.61. The lowest BCUT2D eigenvalue weighted by Gasteiger charge is -2.09. The molecule has 0 aromatic rings. The molecule has 2 N–H and O–H groups in total. The van der Waals surface area contributed by atoms with Crippen LogP contribution in [0.3, 0.4) is 0 Å². The molecular formula is C8H19NO2S. The molecule has 0 radical (unpaired) electrons. The van der Waals surface area contributed by atoms with Crippen molar-refractivity contribution in [1.29, 1.82) is 0 Å². The highest BCUT2D eigenvalue weighted by molar-refractivity contribution is 7.91. The van der Waals surface area contributed by atoms with Crippen LogP contribution in [0, 0.1) is 0 Å². The molecule has 0 saturated carbocycles. The highest BCUT2D eigenvalue weighted by Gasteiger charge is 2.13. The molecule has 0 fully saturated rings. The molecule has 74 valence electrons. The van der Waals surface area contributed by atoms with E-state index >= 15 is 0 Å². The summed E-state index contributed by atoms with van der Waals surface area (Å²) in [5.74, 6) is 0.416. The molecule has 0 spiro atoms. The van der Waals surface area contributed by atoms with Gasteiger partial charge in [-0.2, -0.15) is 0 Å². The summed E-state index contributed by atoms with van der Waals surface area (Å²) in [5.41, 5.74) is 5.62. The second kappa shape index (κ2) is 5.54. The number of hydrogen-bond acceptors (Lipinski definition) is 3. The van der Waals surface area contributed by atoms with Gasteiger partial charge in [0.25, 0.3) is 0 Å². The molecule has 0 aliphatic carbocycles. The van der Waals surface area contributed by atoms with Crippen LogP contribution in [0.25, 0.3) is 0 Å². The number of nitrogens with two attached hydrogens (primary N) is 1. The first-order valence-corrected chi connectivity index (χ1v) is 6.30. The van der Waals surface area contributed by atoms with Crippen LogP contribution in [-0.2, 0) is 9.84 Å². The summed E-state index contributed by atoms with van der Waals surface area (Å²) >= 11 is 0. The molecule has 0 heterocycles. The maximum absolute atomic E-state index is 11.2. The first kappa shape index (κ1) is 11.9. The minimum absolute atomic E-state index is 0.147. The molecule has 0 amide bonds. The van der Waals surface area contributed by atoms with Gasteiger partial charge in [0.2, 0.25) is 0 Å². The van der Waals surface area contributed by atoms with E-state index in [2.05, 4.69) is 0 Å². The average Bonchev–Trinajstić information content (AvgIpc) is 1.85. The fourth-order valence-electron chi connectivity index (χ4n) is 1.17. The summed E-state index contributed by atoms with van der Waals surface area (Å²) in [6, 6.07) is -0.174. The van der Waals surface area contributed by atoms with Crippen LogP contribution in [0.2, 0.25) is 0 Å². The van der Waals surface area contributed by atoms with E-state index in [0.29, 0.717) is 6.42 Å². The van der Waals surface area contributed by atoms with Gasteiger partial charge < -0.3 is 5.73 Å². The number of rotatable bonds is 6. The van der Waals surface area contributed by atoms with Crippen molar-refractivity contribution in [2.75, 3.05) is 11.5 Å². The summed E-state index contributed by atoms with van der Waals surface area (Å²) in [7, 11) is -2.88. The van der Waals surface area contributed by atoms with E-state index in [1.54, 1.807) is 0 Å². The number of hydrogen-bond donors (Lipinski definition) is 1. The molecular weight excluding hydrogens is 174 g/mol. The minimum Gasteiger partial charge on any atom is -0.327 e. The van der Waals surface area contributed by atoms with Crippen molar-refractivity contribution >= 4 is 9.84 Å². The van der Waals surface area contributed by atoms with Gasteiger partial charge in [-0.25, -0.2) is 8.42 Å². The molecule has 3 nitrogen and oxygen atoms in total. The summed E-state index contributed by atoms with van der Waals surface area (Å²) in [6.07, 6.45) is 2.42. The van der Waals surface area contributed by atoms with Crippen LogP contribution in [-0.4, -0.2) is 26.0 Å².